The SMILES string of the molecule is CN(C)CCC(F)CCN. The minimum atomic E-state index is -0.715. The summed E-state index contributed by atoms with van der Waals surface area (Å²) in [7, 11) is 3.88. The molecule has 0 aromatic carbocycles. The van der Waals surface area contributed by atoms with E-state index in [0.29, 0.717) is 19.4 Å². The maximum absolute atomic E-state index is 12.7. The van der Waals surface area contributed by atoms with Crippen LogP contribution >= 0.6 is 0 Å². The number of hydrogen-bond acceptors (Lipinski definition) is 2. The summed E-state index contributed by atoms with van der Waals surface area (Å²) in [5.74, 6) is 0. The van der Waals surface area contributed by atoms with Crippen LogP contribution in [-0.4, -0.2) is 38.3 Å². The Balaban J connectivity index is 3.12. The maximum atomic E-state index is 12.7. The Kier molecular flexibility index (Phi) is 5.54. The van der Waals surface area contributed by atoms with Crippen LogP contribution in [-0.2, 0) is 0 Å². The molecular formula is C7H17FN2. The highest BCUT2D eigenvalue weighted by atomic mass is 19.1. The van der Waals surface area contributed by atoms with E-state index in [2.05, 4.69) is 0 Å². The number of nitrogens with zero attached hydrogens (tertiary/aromatic N) is 1. The van der Waals surface area contributed by atoms with Crippen molar-refractivity contribution in [2.24, 2.45) is 5.73 Å². The van der Waals surface area contributed by atoms with E-state index < -0.39 is 6.17 Å². The van der Waals surface area contributed by atoms with Gasteiger partial charge >= 0.3 is 0 Å². The van der Waals surface area contributed by atoms with Crippen molar-refractivity contribution in [3.63, 3.8) is 0 Å². The van der Waals surface area contributed by atoms with Crippen LogP contribution in [0.3, 0.4) is 0 Å². The minimum absolute atomic E-state index is 0.453. The second kappa shape index (κ2) is 5.62. The molecule has 0 rings (SSSR count). The van der Waals surface area contributed by atoms with Gasteiger partial charge in [0.1, 0.15) is 6.17 Å². The molecule has 0 aliphatic carbocycles. The van der Waals surface area contributed by atoms with E-state index in [1.807, 2.05) is 19.0 Å². The molecule has 0 saturated heterocycles. The summed E-state index contributed by atoms with van der Waals surface area (Å²) in [4.78, 5) is 1.98. The zero-order valence-corrected chi connectivity index (χ0v) is 6.81. The molecule has 0 bridgehead atoms. The Hall–Kier alpha value is -0.150. The minimum Gasteiger partial charge on any atom is -0.330 e. The molecule has 0 aliphatic rings. The van der Waals surface area contributed by atoms with Gasteiger partial charge in [-0.05, 0) is 33.5 Å². The maximum Gasteiger partial charge on any atom is 0.103 e. The fraction of sp³-hybridized carbons (Fsp3) is 1.00. The van der Waals surface area contributed by atoms with Gasteiger partial charge in [0.2, 0.25) is 0 Å². The quantitative estimate of drug-likeness (QED) is 0.619. The van der Waals surface area contributed by atoms with Crippen LogP contribution in [0.4, 0.5) is 4.39 Å². The summed E-state index contributed by atoms with van der Waals surface area (Å²) in [6, 6.07) is 0. The van der Waals surface area contributed by atoms with E-state index >= 15 is 0 Å². The average molecular weight is 148 g/mol. The van der Waals surface area contributed by atoms with E-state index in [0.717, 1.165) is 6.54 Å². The first-order valence-electron chi connectivity index (χ1n) is 3.65. The monoisotopic (exact) mass is 148 g/mol. The number of nitrogens with two attached hydrogens (primary N) is 1. The van der Waals surface area contributed by atoms with Crippen LogP contribution in [0, 0.1) is 0 Å². The highest BCUT2D eigenvalue weighted by Gasteiger charge is 2.04. The molecule has 0 aromatic rings. The molecule has 0 saturated carbocycles. The Bertz CT molecular complexity index is 76.0. The Morgan fingerprint density at radius 2 is 2.00 bits per heavy atom. The lowest BCUT2D eigenvalue weighted by Gasteiger charge is -2.11. The van der Waals surface area contributed by atoms with Gasteiger partial charge in [0.25, 0.3) is 0 Å². The van der Waals surface area contributed by atoms with Gasteiger partial charge in [-0.2, -0.15) is 0 Å². The fourth-order valence-electron chi connectivity index (χ4n) is 0.723. The standard InChI is InChI=1S/C7H17FN2/c1-10(2)6-4-7(8)3-5-9/h7H,3-6,9H2,1-2H3. The van der Waals surface area contributed by atoms with Crippen molar-refractivity contribution in [2.75, 3.05) is 27.2 Å². The van der Waals surface area contributed by atoms with Gasteiger partial charge in [0.05, 0.1) is 0 Å². The molecule has 0 aromatic heterocycles. The summed E-state index contributed by atoms with van der Waals surface area (Å²) < 4.78 is 12.7. The van der Waals surface area contributed by atoms with E-state index in [4.69, 9.17) is 5.73 Å². The number of halogens is 1. The van der Waals surface area contributed by atoms with Crippen molar-refractivity contribution in [1.29, 1.82) is 0 Å². The lowest BCUT2D eigenvalue weighted by molar-refractivity contribution is 0.263. The molecule has 0 heterocycles. The van der Waals surface area contributed by atoms with Crippen LogP contribution in [0.25, 0.3) is 0 Å². The number of alkyl halides is 1. The molecule has 10 heavy (non-hydrogen) atoms. The zero-order chi connectivity index (χ0) is 7.98. The van der Waals surface area contributed by atoms with Gasteiger partial charge < -0.3 is 10.6 Å². The van der Waals surface area contributed by atoms with Crippen LogP contribution < -0.4 is 5.73 Å². The molecule has 1 atom stereocenters. The molecule has 1 unspecified atom stereocenters. The molecule has 0 radical (unpaired) electrons. The average Bonchev–Trinajstić information content (AvgIpc) is 1.85. The summed E-state index contributed by atoms with van der Waals surface area (Å²) in [6.07, 6.45) is 0.380. The molecule has 2 nitrogen and oxygen atoms in total. The lowest BCUT2D eigenvalue weighted by atomic mass is 10.2. The van der Waals surface area contributed by atoms with Crippen LogP contribution in [0.2, 0.25) is 0 Å². The first-order chi connectivity index (χ1) is 4.66. The Morgan fingerprint density at radius 3 is 2.40 bits per heavy atom. The molecular weight excluding hydrogens is 131 g/mol. The van der Waals surface area contributed by atoms with Crippen LogP contribution in [0.15, 0.2) is 0 Å². The molecule has 0 amide bonds. The van der Waals surface area contributed by atoms with Gasteiger partial charge in [-0.25, -0.2) is 4.39 Å². The van der Waals surface area contributed by atoms with Gasteiger partial charge in [0.15, 0.2) is 0 Å². The van der Waals surface area contributed by atoms with Gasteiger partial charge in [-0.15, -0.1) is 0 Å². The molecule has 62 valence electrons. The van der Waals surface area contributed by atoms with Crippen molar-refractivity contribution >= 4 is 0 Å². The van der Waals surface area contributed by atoms with Crippen molar-refractivity contribution in [1.82, 2.24) is 4.90 Å². The first kappa shape index (κ1) is 9.85. The second-order valence-corrected chi connectivity index (χ2v) is 2.77. The molecule has 0 aliphatic heterocycles. The molecule has 2 N–H and O–H groups in total. The summed E-state index contributed by atoms with van der Waals surface area (Å²) in [5.41, 5.74) is 5.18. The molecule has 0 spiro atoms. The number of rotatable bonds is 5. The van der Waals surface area contributed by atoms with Crippen molar-refractivity contribution in [2.45, 2.75) is 19.0 Å². The Labute approximate surface area is 62.2 Å². The summed E-state index contributed by atoms with van der Waals surface area (Å²) >= 11 is 0. The van der Waals surface area contributed by atoms with Crippen LogP contribution in [0.5, 0.6) is 0 Å². The summed E-state index contributed by atoms with van der Waals surface area (Å²) in [6.45, 7) is 1.26. The van der Waals surface area contributed by atoms with Crippen molar-refractivity contribution < 1.29 is 4.39 Å². The summed E-state index contributed by atoms with van der Waals surface area (Å²) in [5, 5.41) is 0. The van der Waals surface area contributed by atoms with E-state index in [9.17, 15) is 4.39 Å². The molecule has 0 fully saturated rings. The highest BCUT2D eigenvalue weighted by molar-refractivity contribution is 4.58. The predicted octanol–water partition coefficient (Wildman–Crippen LogP) is 0.625. The first-order valence-corrected chi connectivity index (χ1v) is 3.65. The Morgan fingerprint density at radius 1 is 1.40 bits per heavy atom. The fourth-order valence-corrected chi connectivity index (χ4v) is 0.723. The second-order valence-electron chi connectivity index (χ2n) is 2.77. The third kappa shape index (κ3) is 5.98. The van der Waals surface area contributed by atoms with E-state index in [-0.39, 0.29) is 0 Å². The predicted molar refractivity (Wildman–Crippen MR) is 41.7 cm³/mol. The highest BCUT2D eigenvalue weighted by Crippen LogP contribution is 2.01. The number of hydrogen-bond donors (Lipinski definition) is 1. The van der Waals surface area contributed by atoms with Crippen molar-refractivity contribution in [3.8, 4) is 0 Å². The largest absolute Gasteiger partial charge is 0.330 e. The normalized spacial score (nSPS) is 14.1. The van der Waals surface area contributed by atoms with Crippen molar-refractivity contribution in [3.05, 3.63) is 0 Å². The zero-order valence-electron chi connectivity index (χ0n) is 6.81. The van der Waals surface area contributed by atoms with Crippen LogP contribution in [0.1, 0.15) is 12.8 Å². The third-order valence-corrected chi connectivity index (χ3v) is 1.37. The van der Waals surface area contributed by atoms with E-state index in [1.165, 1.54) is 0 Å². The lowest BCUT2D eigenvalue weighted by Crippen LogP contribution is -2.18. The van der Waals surface area contributed by atoms with Gasteiger partial charge in [0, 0.05) is 6.54 Å². The van der Waals surface area contributed by atoms with Gasteiger partial charge in [-0.3, -0.25) is 0 Å². The smallest absolute Gasteiger partial charge is 0.103 e. The van der Waals surface area contributed by atoms with Gasteiger partial charge in [-0.1, -0.05) is 0 Å². The van der Waals surface area contributed by atoms with E-state index in [1.54, 1.807) is 0 Å². The molecule has 3 heteroatoms. The topological polar surface area (TPSA) is 29.3 Å². The third-order valence-electron chi connectivity index (χ3n) is 1.37.